The second kappa shape index (κ2) is 5.42. The third-order valence-corrected chi connectivity index (χ3v) is 4.32. The number of amidine groups is 1. The van der Waals surface area contributed by atoms with Gasteiger partial charge in [0.1, 0.15) is 0 Å². The van der Waals surface area contributed by atoms with Crippen LogP contribution in [0.1, 0.15) is 38.7 Å². The Balaban J connectivity index is 2.30. The van der Waals surface area contributed by atoms with Gasteiger partial charge in [-0.2, -0.15) is 5.10 Å². The molecule has 0 radical (unpaired) electrons. The van der Waals surface area contributed by atoms with E-state index in [9.17, 15) is 0 Å². The number of oxime groups is 1. The van der Waals surface area contributed by atoms with Gasteiger partial charge in [0.25, 0.3) is 0 Å². The van der Waals surface area contributed by atoms with Gasteiger partial charge in [-0.05, 0) is 30.7 Å². The fraction of sp³-hybridized carbons (Fsp3) is 0.615. The highest BCUT2D eigenvalue weighted by Crippen LogP contribution is 2.39. The summed E-state index contributed by atoms with van der Waals surface area (Å²) in [5.74, 6) is 0.789. The summed E-state index contributed by atoms with van der Waals surface area (Å²) in [4.78, 5) is 2.19. The zero-order chi connectivity index (χ0) is 13.9. The molecule has 0 spiro atoms. The average Bonchev–Trinajstić information content (AvgIpc) is 2.91. The van der Waals surface area contributed by atoms with Crippen molar-refractivity contribution in [3.05, 3.63) is 17.8 Å². The largest absolute Gasteiger partial charge is 0.409 e. The lowest BCUT2D eigenvalue weighted by molar-refractivity contribution is 0.301. The van der Waals surface area contributed by atoms with E-state index in [-0.39, 0.29) is 5.84 Å². The van der Waals surface area contributed by atoms with Crippen LogP contribution in [0.15, 0.2) is 17.4 Å². The molecule has 1 saturated heterocycles. The molecule has 0 atom stereocenters. The second-order valence-electron chi connectivity index (χ2n) is 5.13. The average molecular weight is 263 g/mol. The molecule has 1 aliphatic rings. The predicted octanol–water partition coefficient (Wildman–Crippen LogP) is 1.59. The number of hydrogen-bond donors (Lipinski definition) is 2. The van der Waals surface area contributed by atoms with Gasteiger partial charge in [-0.1, -0.05) is 19.0 Å². The Bertz CT molecular complexity index is 470. The Morgan fingerprint density at radius 3 is 2.84 bits per heavy atom. The van der Waals surface area contributed by atoms with E-state index in [1.54, 1.807) is 12.3 Å². The van der Waals surface area contributed by atoms with E-state index in [0.717, 1.165) is 32.4 Å². The van der Waals surface area contributed by atoms with Crippen LogP contribution in [0.4, 0.5) is 5.82 Å². The molecule has 0 bridgehead atoms. The summed E-state index contributed by atoms with van der Waals surface area (Å²) in [6.07, 6.45) is 5.00. The van der Waals surface area contributed by atoms with Crippen LogP contribution in [-0.4, -0.2) is 34.3 Å². The first-order chi connectivity index (χ1) is 9.15. The third kappa shape index (κ3) is 2.47. The van der Waals surface area contributed by atoms with Crippen LogP contribution in [0.25, 0.3) is 0 Å². The number of nitrogens with two attached hydrogens (primary N) is 1. The van der Waals surface area contributed by atoms with Crippen LogP contribution >= 0.6 is 0 Å². The second-order valence-corrected chi connectivity index (χ2v) is 5.13. The highest BCUT2D eigenvalue weighted by molar-refractivity contribution is 6.01. The van der Waals surface area contributed by atoms with Crippen molar-refractivity contribution in [1.82, 2.24) is 10.2 Å². The van der Waals surface area contributed by atoms with E-state index >= 15 is 0 Å². The highest BCUT2D eigenvalue weighted by atomic mass is 16.4. The topological polar surface area (TPSA) is 87.6 Å². The third-order valence-electron chi connectivity index (χ3n) is 4.32. The van der Waals surface area contributed by atoms with Crippen molar-refractivity contribution in [2.75, 3.05) is 18.0 Å². The van der Waals surface area contributed by atoms with Crippen molar-refractivity contribution in [2.45, 2.75) is 33.1 Å². The number of hydrogen-bond acceptors (Lipinski definition) is 5. The summed E-state index contributed by atoms with van der Waals surface area (Å²) in [5.41, 5.74) is 6.69. The number of aromatic nitrogens is 2. The molecule has 0 amide bonds. The molecular weight excluding hydrogens is 242 g/mol. The molecule has 2 heterocycles. The van der Waals surface area contributed by atoms with Gasteiger partial charge in [0.15, 0.2) is 11.7 Å². The Morgan fingerprint density at radius 1 is 1.53 bits per heavy atom. The quantitative estimate of drug-likeness (QED) is 0.373. The maximum Gasteiger partial charge on any atom is 0.173 e. The molecule has 3 N–H and O–H groups in total. The van der Waals surface area contributed by atoms with E-state index in [1.165, 1.54) is 0 Å². The van der Waals surface area contributed by atoms with Crippen LogP contribution in [0.5, 0.6) is 0 Å². The van der Waals surface area contributed by atoms with Crippen molar-refractivity contribution in [3.8, 4) is 0 Å². The van der Waals surface area contributed by atoms with Gasteiger partial charge in [-0.25, -0.2) is 0 Å². The van der Waals surface area contributed by atoms with Crippen molar-refractivity contribution in [1.29, 1.82) is 0 Å². The molecule has 104 valence electrons. The van der Waals surface area contributed by atoms with Gasteiger partial charge in [0.2, 0.25) is 0 Å². The Hall–Kier alpha value is -1.85. The molecule has 1 aromatic heterocycles. The monoisotopic (exact) mass is 263 g/mol. The van der Waals surface area contributed by atoms with E-state index in [4.69, 9.17) is 10.9 Å². The summed E-state index contributed by atoms with van der Waals surface area (Å²) >= 11 is 0. The molecule has 0 aliphatic carbocycles. The highest BCUT2D eigenvalue weighted by Gasteiger charge is 2.36. The fourth-order valence-electron chi connectivity index (χ4n) is 2.75. The molecular formula is C13H21N5O. The summed E-state index contributed by atoms with van der Waals surface area (Å²) in [6, 6.07) is 1.73. The van der Waals surface area contributed by atoms with Gasteiger partial charge in [0.05, 0.1) is 11.8 Å². The van der Waals surface area contributed by atoms with Crippen molar-refractivity contribution in [3.63, 3.8) is 0 Å². The standard InChI is InChI=1S/C13H21N5O/c1-3-13(4-2)6-8-18(9-13)12-10(11(14)17-19)5-7-15-16-12/h5,7,19H,3-4,6,8-9H2,1-2H3,(H2,14,17). The normalized spacial score (nSPS) is 18.8. The summed E-state index contributed by atoms with van der Waals surface area (Å²) in [5, 5.41) is 20.0. The molecule has 1 aromatic rings. The van der Waals surface area contributed by atoms with E-state index in [0.29, 0.717) is 16.8 Å². The van der Waals surface area contributed by atoms with Crippen molar-refractivity contribution >= 4 is 11.7 Å². The molecule has 6 heteroatoms. The first-order valence-electron chi connectivity index (χ1n) is 6.70. The lowest BCUT2D eigenvalue weighted by atomic mass is 9.82. The number of rotatable bonds is 4. The molecule has 0 unspecified atom stereocenters. The minimum atomic E-state index is 0.0791. The maximum absolute atomic E-state index is 8.85. The smallest absolute Gasteiger partial charge is 0.173 e. The van der Waals surface area contributed by atoms with Gasteiger partial charge in [-0.3, -0.25) is 0 Å². The fourth-order valence-corrected chi connectivity index (χ4v) is 2.75. The number of nitrogens with zero attached hydrogens (tertiary/aromatic N) is 4. The summed E-state index contributed by atoms with van der Waals surface area (Å²) < 4.78 is 0. The zero-order valence-electron chi connectivity index (χ0n) is 11.5. The van der Waals surface area contributed by atoms with Crippen LogP contribution in [0.2, 0.25) is 0 Å². The van der Waals surface area contributed by atoms with E-state index in [2.05, 4.69) is 34.1 Å². The first-order valence-corrected chi connectivity index (χ1v) is 6.70. The predicted molar refractivity (Wildman–Crippen MR) is 74.4 cm³/mol. The van der Waals surface area contributed by atoms with Gasteiger partial charge in [0, 0.05) is 13.1 Å². The molecule has 1 fully saturated rings. The van der Waals surface area contributed by atoms with Gasteiger partial charge >= 0.3 is 0 Å². The molecule has 2 rings (SSSR count). The van der Waals surface area contributed by atoms with Crippen molar-refractivity contribution in [2.24, 2.45) is 16.3 Å². The first kappa shape index (κ1) is 13.6. The van der Waals surface area contributed by atoms with Gasteiger partial charge < -0.3 is 15.8 Å². The molecule has 6 nitrogen and oxygen atoms in total. The van der Waals surface area contributed by atoms with Crippen LogP contribution in [0.3, 0.4) is 0 Å². The Kier molecular flexibility index (Phi) is 3.87. The zero-order valence-corrected chi connectivity index (χ0v) is 11.5. The van der Waals surface area contributed by atoms with Crippen molar-refractivity contribution < 1.29 is 5.21 Å². The van der Waals surface area contributed by atoms with E-state index in [1.807, 2.05) is 0 Å². The van der Waals surface area contributed by atoms with Gasteiger partial charge in [-0.15, -0.1) is 5.10 Å². The molecule has 0 aromatic carbocycles. The summed E-state index contributed by atoms with van der Waals surface area (Å²) in [7, 11) is 0. The Labute approximate surface area is 113 Å². The molecule has 19 heavy (non-hydrogen) atoms. The molecule has 0 saturated carbocycles. The Morgan fingerprint density at radius 2 is 2.26 bits per heavy atom. The summed E-state index contributed by atoms with van der Waals surface area (Å²) in [6.45, 7) is 6.35. The number of anilines is 1. The lowest BCUT2D eigenvalue weighted by Crippen LogP contribution is -2.29. The lowest BCUT2D eigenvalue weighted by Gasteiger charge is -2.27. The van der Waals surface area contributed by atoms with Crippen LogP contribution < -0.4 is 10.6 Å². The maximum atomic E-state index is 8.85. The van der Waals surface area contributed by atoms with Crippen LogP contribution in [0, 0.1) is 5.41 Å². The van der Waals surface area contributed by atoms with E-state index < -0.39 is 0 Å². The molecule has 1 aliphatic heterocycles. The SMILES string of the molecule is CCC1(CC)CCN(c2nnccc2/C(N)=N/O)C1. The van der Waals surface area contributed by atoms with Crippen LogP contribution in [-0.2, 0) is 0 Å². The minimum absolute atomic E-state index is 0.0791. The minimum Gasteiger partial charge on any atom is -0.409 e.